The van der Waals surface area contributed by atoms with E-state index in [0.717, 1.165) is 21.6 Å². The number of imide groups is 1. The molecule has 47 heavy (non-hydrogen) atoms. The third kappa shape index (κ3) is 8.86. The lowest BCUT2D eigenvalue weighted by Gasteiger charge is -2.30. The smallest absolute Gasteiger partial charge is 0.304 e. The van der Waals surface area contributed by atoms with Gasteiger partial charge in [-0.3, -0.25) is 9.36 Å². The molecular weight excluding hydrogens is 611 g/mol. The number of ketones is 1. The number of amides is 3. The molecular formula is C38H40N2O6P+. The molecule has 0 N–H and O–H groups in total. The van der Waals surface area contributed by atoms with Crippen molar-refractivity contribution in [2.75, 3.05) is 19.3 Å². The van der Waals surface area contributed by atoms with Crippen molar-refractivity contribution in [2.45, 2.75) is 33.5 Å². The highest BCUT2D eigenvalue weighted by Gasteiger charge is 2.50. The maximum absolute atomic E-state index is 14.4. The molecule has 0 aliphatic carbocycles. The van der Waals surface area contributed by atoms with Gasteiger partial charge in [-0.15, -0.1) is 0 Å². The van der Waals surface area contributed by atoms with Crippen molar-refractivity contribution in [3.05, 3.63) is 144 Å². The SMILES string of the molecule is CC(C)C1C(=O)N(CC(=O)c2ccccc2)C(=O)[N+](CCP(=O)(OCc2ccccc2)OCc2ccccc2)=C1Cc1ccccc1. The third-order valence-electron chi connectivity index (χ3n) is 8.13. The average molecular weight is 652 g/mol. The van der Waals surface area contributed by atoms with Gasteiger partial charge in [0.15, 0.2) is 6.54 Å². The van der Waals surface area contributed by atoms with Crippen LogP contribution >= 0.6 is 7.60 Å². The monoisotopic (exact) mass is 651 g/mol. The molecule has 5 rings (SSSR count). The molecule has 3 amide bonds. The summed E-state index contributed by atoms with van der Waals surface area (Å²) in [5, 5.41) is 0. The Morgan fingerprint density at radius 3 is 1.70 bits per heavy atom. The molecule has 242 valence electrons. The molecule has 4 aromatic carbocycles. The first kappa shape index (κ1) is 33.9. The Balaban J connectivity index is 1.48. The number of nitrogens with zero attached hydrogens (tertiary/aromatic N) is 2. The first-order chi connectivity index (χ1) is 22.7. The number of carbonyl (C=O) groups excluding carboxylic acids is 3. The fourth-order valence-electron chi connectivity index (χ4n) is 5.65. The molecule has 1 aliphatic heterocycles. The second kappa shape index (κ2) is 15.9. The van der Waals surface area contributed by atoms with Gasteiger partial charge in [-0.1, -0.05) is 135 Å². The van der Waals surface area contributed by atoms with Crippen molar-refractivity contribution in [3.63, 3.8) is 0 Å². The summed E-state index contributed by atoms with van der Waals surface area (Å²) in [5.41, 5.74) is 3.60. The largest absolute Gasteiger partial charge is 0.501 e. The minimum absolute atomic E-state index is 0.0333. The summed E-state index contributed by atoms with van der Waals surface area (Å²) in [4.78, 5) is 42.5. The number of urea groups is 1. The lowest BCUT2D eigenvalue weighted by atomic mass is 9.84. The zero-order valence-electron chi connectivity index (χ0n) is 26.7. The Morgan fingerprint density at radius 1 is 0.745 bits per heavy atom. The second-order valence-electron chi connectivity index (χ2n) is 11.9. The molecule has 0 spiro atoms. The number of hydrogen-bond acceptors (Lipinski definition) is 6. The molecule has 1 aliphatic rings. The predicted molar refractivity (Wildman–Crippen MR) is 181 cm³/mol. The van der Waals surface area contributed by atoms with E-state index in [4.69, 9.17) is 9.05 Å². The number of benzene rings is 4. The molecule has 0 radical (unpaired) electrons. The van der Waals surface area contributed by atoms with Crippen LogP contribution in [-0.2, 0) is 38.0 Å². The minimum Gasteiger partial charge on any atom is -0.304 e. The summed E-state index contributed by atoms with van der Waals surface area (Å²) in [7, 11) is -3.78. The van der Waals surface area contributed by atoms with Crippen LogP contribution in [-0.4, -0.2) is 52.2 Å². The molecule has 0 fully saturated rings. The van der Waals surface area contributed by atoms with Crippen LogP contribution in [0.4, 0.5) is 4.79 Å². The van der Waals surface area contributed by atoms with E-state index in [0.29, 0.717) is 17.7 Å². The van der Waals surface area contributed by atoms with E-state index in [2.05, 4.69) is 0 Å². The van der Waals surface area contributed by atoms with Crippen molar-refractivity contribution in [1.82, 2.24) is 4.90 Å². The highest BCUT2D eigenvalue weighted by atomic mass is 31.2. The van der Waals surface area contributed by atoms with Gasteiger partial charge >= 0.3 is 19.5 Å². The normalized spacial score (nSPS) is 15.4. The number of Topliss-reactive ketones (excluding diaryl/α,β-unsaturated/α-hetero) is 1. The van der Waals surface area contributed by atoms with Crippen LogP contribution < -0.4 is 0 Å². The molecule has 4 aromatic rings. The van der Waals surface area contributed by atoms with Crippen LogP contribution in [0.25, 0.3) is 0 Å². The summed E-state index contributed by atoms with van der Waals surface area (Å²) in [5.74, 6) is -1.61. The maximum atomic E-state index is 14.4. The molecule has 0 aromatic heterocycles. The van der Waals surface area contributed by atoms with E-state index in [-0.39, 0.29) is 37.6 Å². The molecule has 0 bridgehead atoms. The fourth-order valence-corrected chi connectivity index (χ4v) is 7.12. The van der Waals surface area contributed by atoms with E-state index >= 15 is 0 Å². The van der Waals surface area contributed by atoms with Gasteiger partial charge in [0.25, 0.3) is 0 Å². The second-order valence-corrected chi connectivity index (χ2v) is 14.1. The lowest BCUT2D eigenvalue weighted by Crippen LogP contribution is -2.58. The zero-order chi connectivity index (χ0) is 33.2. The molecule has 9 heteroatoms. The number of rotatable bonds is 15. The third-order valence-corrected chi connectivity index (χ3v) is 9.92. The van der Waals surface area contributed by atoms with E-state index < -0.39 is 32.0 Å². The maximum Gasteiger partial charge on any atom is 0.501 e. The Morgan fingerprint density at radius 2 is 1.21 bits per heavy atom. The van der Waals surface area contributed by atoms with Crippen LogP contribution in [0.15, 0.2) is 121 Å². The van der Waals surface area contributed by atoms with Gasteiger partial charge < -0.3 is 9.05 Å². The van der Waals surface area contributed by atoms with Gasteiger partial charge in [0, 0.05) is 12.0 Å². The average Bonchev–Trinajstić information content (AvgIpc) is 3.10. The lowest BCUT2D eigenvalue weighted by molar-refractivity contribution is -0.437. The van der Waals surface area contributed by atoms with E-state index in [9.17, 15) is 18.9 Å². The summed E-state index contributed by atoms with van der Waals surface area (Å²) in [6, 6.07) is 36.4. The van der Waals surface area contributed by atoms with Crippen LogP contribution in [0, 0.1) is 11.8 Å². The quantitative estimate of drug-likeness (QED) is 0.0755. The van der Waals surface area contributed by atoms with Crippen molar-refractivity contribution in [1.29, 1.82) is 0 Å². The molecule has 1 heterocycles. The Hall–Kier alpha value is -4.49. The van der Waals surface area contributed by atoms with Gasteiger partial charge in [0.2, 0.25) is 5.78 Å². The molecule has 0 saturated carbocycles. The van der Waals surface area contributed by atoms with Gasteiger partial charge in [-0.25, -0.2) is 4.79 Å². The van der Waals surface area contributed by atoms with E-state index in [1.807, 2.05) is 105 Å². The van der Waals surface area contributed by atoms with Crippen LogP contribution in [0.3, 0.4) is 0 Å². The van der Waals surface area contributed by atoms with Gasteiger partial charge in [-0.05, 0) is 22.6 Å². The van der Waals surface area contributed by atoms with Crippen LogP contribution in [0.1, 0.15) is 40.9 Å². The first-order valence-electron chi connectivity index (χ1n) is 15.8. The Kier molecular flexibility index (Phi) is 11.4. The van der Waals surface area contributed by atoms with E-state index in [1.54, 1.807) is 30.3 Å². The van der Waals surface area contributed by atoms with Gasteiger partial charge in [0.1, 0.15) is 18.2 Å². The van der Waals surface area contributed by atoms with Crippen molar-refractivity contribution < 1.29 is 32.6 Å². The van der Waals surface area contributed by atoms with Crippen LogP contribution in [0.5, 0.6) is 0 Å². The Bertz CT molecular complexity index is 1700. The number of carbonyl (C=O) groups is 3. The highest BCUT2D eigenvalue weighted by Crippen LogP contribution is 2.49. The van der Waals surface area contributed by atoms with Gasteiger partial charge in [0.05, 0.1) is 19.4 Å². The highest BCUT2D eigenvalue weighted by molar-refractivity contribution is 7.53. The van der Waals surface area contributed by atoms with Crippen molar-refractivity contribution >= 4 is 31.0 Å². The topological polar surface area (TPSA) is 93.0 Å². The number of hydrogen-bond donors (Lipinski definition) is 0. The van der Waals surface area contributed by atoms with Gasteiger partial charge in [-0.2, -0.15) is 14.3 Å². The summed E-state index contributed by atoms with van der Waals surface area (Å²) in [6.07, 6.45) is 0.220. The minimum atomic E-state index is -3.78. The van der Waals surface area contributed by atoms with Crippen LogP contribution in [0.2, 0.25) is 0 Å². The fraction of sp³-hybridized carbons (Fsp3) is 0.263. The predicted octanol–water partition coefficient (Wildman–Crippen LogP) is 7.43. The summed E-state index contributed by atoms with van der Waals surface area (Å²) >= 11 is 0. The Labute approximate surface area is 276 Å². The molecule has 8 nitrogen and oxygen atoms in total. The molecule has 1 unspecified atom stereocenters. The first-order valence-corrected chi connectivity index (χ1v) is 17.5. The summed E-state index contributed by atoms with van der Waals surface area (Å²) in [6.45, 7) is 3.55. The zero-order valence-corrected chi connectivity index (χ0v) is 27.6. The van der Waals surface area contributed by atoms with Crippen molar-refractivity contribution in [2.24, 2.45) is 11.8 Å². The van der Waals surface area contributed by atoms with Crippen molar-refractivity contribution in [3.8, 4) is 0 Å². The standard InChI is InChI=1S/C38H40N2O6P/c1-29(2)36-34(25-30-15-7-3-8-16-30)39(38(43)40(37(36)42)26-35(41)33-21-13-6-14-22-33)23-24-47(44,45-27-31-17-9-4-10-18-31)46-28-32-19-11-5-12-20-32/h3-22,29,36H,23-28H2,1-2H3/q+1. The molecule has 1 atom stereocenters. The molecule has 0 saturated heterocycles. The summed E-state index contributed by atoms with van der Waals surface area (Å²) < 4.78 is 27.9. The van der Waals surface area contributed by atoms with E-state index in [1.165, 1.54) is 4.58 Å².